The molecule has 2 aliphatic rings. The number of carbonyl (C=O) groups excluding carboxylic acids is 1. The molecular weight excluding hydrogens is 333 g/mol. The number of aryl methyl sites for hydroxylation is 1. The topological polar surface area (TPSA) is 66.8 Å². The molecule has 1 amide bonds. The minimum absolute atomic E-state index is 0.0299. The number of benzene rings is 1. The number of rotatable bonds is 2. The highest BCUT2D eigenvalue weighted by molar-refractivity contribution is 5.95. The molecule has 1 aromatic carbocycles. The van der Waals surface area contributed by atoms with Gasteiger partial charge in [0.25, 0.3) is 5.91 Å². The Morgan fingerprint density at radius 2 is 2.15 bits per heavy atom. The lowest BCUT2D eigenvalue weighted by Crippen LogP contribution is -2.32. The van der Waals surface area contributed by atoms with Crippen LogP contribution >= 0.6 is 0 Å². The van der Waals surface area contributed by atoms with Crippen molar-refractivity contribution in [3.05, 3.63) is 47.3 Å². The number of fused-ring (bicyclic) bond motifs is 2. The molecule has 1 N–H and O–H groups in total. The molecule has 0 spiro atoms. The summed E-state index contributed by atoms with van der Waals surface area (Å²) in [6.45, 7) is 1.60. The molecule has 1 atom stereocenters. The summed E-state index contributed by atoms with van der Waals surface area (Å²) < 4.78 is 15.4. The van der Waals surface area contributed by atoms with E-state index in [9.17, 15) is 9.18 Å². The predicted octanol–water partition coefficient (Wildman–Crippen LogP) is 3.21. The van der Waals surface area contributed by atoms with Gasteiger partial charge in [-0.05, 0) is 50.3 Å². The highest BCUT2D eigenvalue weighted by Crippen LogP contribution is 2.33. The van der Waals surface area contributed by atoms with Crippen LogP contribution < -0.4 is 0 Å². The van der Waals surface area contributed by atoms with Gasteiger partial charge in [-0.1, -0.05) is 0 Å². The SMILES string of the molecule is O=C(c1cnn2c1CCCC2)N1CCCC1c1nc2ccc(F)cc2[nH]1. The molecule has 2 aromatic heterocycles. The number of amides is 1. The van der Waals surface area contributed by atoms with Crippen LogP contribution in [0.15, 0.2) is 24.4 Å². The van der Waals surface area contributed by atoms with Gasteiger partial charge in [-0.3, -0.25) is 9.48 Å². The number of aromatic amines is 1. The fraction of sp³-hybridized carbons (Fsp3) is 0.421. The second kappa shape index (κ2) is 5.93. The minimum atomic E-state index is -0.293. The van der Waals surface area contributed by atoms with Crippen molar-refractivity contribution >= 4 is 16.9 Å². The molecule has 7 heteroatoms. The van der Waals surface area contributed by atoms with E-state index in [1.807, 2.05) is 9.58 Å². The van der Waals surface area contributed by atoms with Crippen LogP contribution in [0.25, 0.3) is 11.0 Å². The van der Waals surface area contributed by atoms with E-state index in [2.05, 4.69) is 15.1 Å². The van der Waals surface area contributed by atoms with E-state index in [0.29, 0.717) is 12.1 Å². The fourth-order valence-corrected chi connectivity index (χ4v) is 4.21. The maximum absolute atomic E-state index is 13.5. The Bertz CT molecular complexity index is 991. The van der Waals surface area contributed by atoms with Crippen LogP contribution in [0.5, 0.6) is 0 Å². The van der Waals surface area contributed by atoms with Crippen LogP contribution in [-0.2, 0) is 13.0 Å². The summed E-state index contributed by atoms with van der Waals surface area (Å²) in [5.74, 6) is 0.471. The molecule has 0 bridgehead atoms. The van der Waals surface area contributed by atoms with Gasteiger partial charge in [-0.2, -0.15) is 5.10 Å². The summed E-state index contributed by atoms with van der Waals surface area (Å²) in [5, 5.41) is 4.40. The van der Waals surface area contributed by atoms with E-state index in [0.717, 1.165) is 61.2 Å². The fourth-order valence-electron chi connectivity index (χ4n) is 4.21. The van der Waals surface area contributed by atoms with Gasteiger partial charge in [-0.25, -0.2) is 9.37 Å². The third kappa shape index (κ3) is 2.41. The number of H-pyrrole nitrogens is 1. The smallest absolute Gasteiger partial charge is 0.257 e. The first-order chi connectivity index (χ1) is 12.7. The van der Waals surface area contributed by atoms with Gasteiger partial charge < -0.3 is 9.88 Å². The van der Waals surface area contributed by atoms with E-state index in [1.165, 1.54) is 12.1 Å². The number of hydrogen-bond acceptors (Lipinski definition) is 3. The number of halogens is 1. The first kappa shape index (κ1) is 15.5. The molecule has 5 rings (SSSR count). The average molecular weight is 353 g/mol. The standard InChI is InChI=1S/C19H20FN5O/c20-12-6-7-14-15(10-12)23-18(22-14)17-5-3-8-24(17)19(26)13-11-21-25-9-2-1-4-16(13)25/h6-7,10-11,17H,1-5,8-9H2,(H,22,23). The van der Waals surface area contributed by atoms with Gasteiger partial charge in [0.1, 0.15) is 11.6 Å². The zero-order chi connectivity index (χ0) is 17.7. The third-order valence-electron chi connectivity index (χ3n) is 5.50. The van der Waals surface area contributed by atoms with Crippen LogP contribution in [0, 0.1) is 5.82 Å². The normalized spacial score (nSPS) is 19.9. The number of carbonyl (C=O) groups is 1. The molecule has 26 heavy (non-hydrogen) atoms. The molecule has 1 unspecified atom stereocenters. The van der Waals surface area contributed by atoms with Crippen LogP contribution in [-0.4, -0.2) is 37.1 Å². The third-order valence-corrected chi connectivity index (χ3v) is 5.50. The van der Waals surface area contributed by atoms with Crippen molar-refractivity contribution in [2.75, 3.05) is 6.54 Å². The molecule has 0 saturated carbocycles. The Labute approximate surface area is 150 Å². The van der Waals surface area contributed by atoms with Gasteiger partial charge >= 0.3 is 0 Å². The van der Waals surface area contributed by atoms with Crippen molar-refractivity contribution in [2.45, 2.75) is 44.7 Å². The lowest BCUT2D eigenvalue weighted by Gasteiger charge is -2.24. The summed E-state index contributed by atoms with van der Waals surface area (Å²) in [7, 11) is 0. The van der Waals surface area contributed by atoms with Gasteiger partial charge in [-0.15, -0.1) is 0 Å². The molecule has 0 aliphatic carbocycles. The summed E-state index contributed by atoms with van der Waals surface area (Å²) in [4.78, 5) is 22.9. The maximum atomic E-state index is 13.5. The first-order valence-electron chi connectivity index (χ1n) is 9.21. The molecular formula is C19H20FN5O. The zero-order valence-electron chi connectivity index (χ0n) is 14.4. The molecule has 6 nitrogen and oxygen atoms in total. The van der Waals surface area contributed by atoms with Crippen molar-refractivity contribution in [1.82, 2.24) is 24.6 Å². The quantitative estimate of drug-likeness (QED) is 0.769. The second-order valence-corrected chi connectivity index (χ2v) is 7.13. The summed E-state index contributed by atoms with van der Waals surface area (Å²) >= 11 is 0. The molecule has 4 heterocycles. The number of imidazole rings is 1. The van der Waals surface area contributed by atoms with Crippen molar-refractivity contribution in [3.63, 3.8) is 0 Å². The average Bonchev–Trinajstić information content (AvgIpc) is 3.37. The Balaban J connectivity index is 1.48. The maximum Gasteiger partial charge on any atom is 0.257 e. The summed E-state index contributed by atoms with van der Waals surface area (Å²) in [6.07, 6.45) is 6.63. The molecule has 3 aromatic rings. The number of likely N-dealkylation sites (tertiary alicyclic amines) is 1. The molecule has 2 aliphatic heterocycles. The first-order valence-corrected chi connectivity index (χ1v) is 9.21. The highest BCUT2D eigenvalue weighted by Gasteiger charge is 2.34. The van der Waals surface area contributed by atoms with Gasteiger partial charge in [0.15, 0.2) is 0 Å². The van der Waals surface area contributed by atoms with E-state index >= 15 is 0 Å². The van der Waals surface area contributed by atoms with E-state index in [1.54, 1.807) is 12.3 Å². The van der Waals surface area contributed by atoms with Crippen LogP contribution in [0.1, 0.15) is 53.6 Å². The van der Waals surface area contributed by atoms with E-state index in [-0.39, 0.29) is 17.8 Å². The van der Waals surface area contributed by atoms with Crippen molar-refractivity contribution < 1.29 is 9.18 Å². The molecule has 1 saturated heterocycles. The molecule has 134 valence electrons. The Morgan fingerprint density at radius 1 is 1.23 bits per heavy atom. The minimum Gasteiger partial charge on any atom is -0.340 e. The predicted molar refractivity (Wildman–Crippen MR) is 94.2 cm³/mol. The van der Waals surface area contributed by atoms with Gasteiger partial charge in [0.2, 0.25) is 0 Å². The lowest BCUT2D eigenvalue weighted by atomic mass is 10.1. The lowest BCUT2D eigenvalue weighted by molar-refractivity contribution is 0.0729. The second-order valence-electron chi connectivity index (χ2n) is 7.13. The Morgan fingerprint density at radius 3 is 3.08 bits per heavy atom. The number of nitrogens with zero attached hydrogens (tertiary/aromatic N) is 4. The summed E-state index contributed by atoms with van der Waals surface area (Å²) in [5.41, 5.74) is 3.17. The van der Waals surface area contributed by atoms with Crippen LogP contribution in [0.4, 0.5) is 4.39 Å². The number of hydrogen-bond donors (Lipinski definition) is 1. The highest BCUT2D eigenvalue weighted by atomic mass is 19.1. The van der Waals surface area contributed by atoms with Crippen molar-refractivity contribution in [2.24, 2.45) is 0 Å². The molecule has 0 radical (unpaired) electrons. The Kier molecular flexibility index (Phi) is 3.55. The van der Waals surface area contributed by atoms with Crippen LogP contribution in [0.2, 0.25) is 0 Å². The zero-order valence-corrected chi connectivity index (χ0v) is 14.4. The number of aromatic nitrogens is 4. The van der Waals surface area contributed by atoms with Crippen LogP contribution in [0.3, 0.4) is 0 Å². The summed E-state index contributed by atoms with van der Waals surface area (Å²) in [6, 6.07) is 4.42. The van der Waals surface area contributed by atoms with Gasteiger partial charge in [0, 0.05) is 13.1 Å². The van der Waals surface area contributed by atoms with E-state index < -0.39 is 0 Å². The number of nitrogens with one attached hydrogen (secondary N) is 1. The molecule has 1 fully saturated rings. The Hall–Kier alpha value is -2.70. The van der Waals surface area contributed by atoms with Crippen molar-refractivity contribution in [3.8, 4) is 0 Å². The van der Waals surface area contributed by atoms with Gasteiger partial charge in [0.05, 0.1) is 34.5 Å². The monoisotopic (exact) mass is 353 g/mol. The largest absolute Gasteiger partial charge is 0.340 e. The van der Waals surface area contributed by atoms with Crippen molar-refractivity contribution in [1.29, 1.82) is 0 Å². The van der Waals surface area contributed by atoms with E-state index in [4.69, 9.17) is 0 Å².